The summed E-state index contributed by atoms with van der Waals surface area (Å²) in [4.78, 5) is 88.1. The topological polar surface area (TPSA) is 229 Å². The average Bonchev–Trinajstić information content (AvgIpc) is 3.80. The van der Waals surface area contributed by atoms with E-state index in [0.29, 0.717) is 44.6 Å². The number of likely N-dealkylation sites (tertiary alicyclic amines) is 2. The maximum atomic E-state index is 11.5. The van der Waals surface area contributed by atoms with Crippen LogP contribution in [-0.2, 0) is 43.1 Å². The van der Waals surface area contributed by atoms with Crippen LogP contribution in [0.4, 0.5) is 0 Å². The van der Waals surface area contributed by atoms with Crippen LogP contribution in [0.15, 0.2) is 0 Å². The van der Waals surface area contributed by atoms with E-state index in [9.17, 15) is 38.4 Å². The largest absolute Gasteiger partial charge is 2.00 e. The third-order valence-corrected chi connectivity index (χ3v) is 7.60. The number of ether oxygens (including phenoxy) is 1. The Morgan fingerprint density at radius 1 is 0.818 bits per heavy atom. The van der Waals surface area contributed by atoms with Crippen molar-refractivity contribution >= 4 is 86.4 Å². The van der Waals surface area contributed by atoms with Gasteiger partial charge in [-0.3, -0.25) is 43.7 Å². The monoisotopic (exact) mass is 925 g/mol. The number of esters is 1. The van der Waals surface area contributed by atoms with Crippen LogP contribution >= 0.6 is 15.9 Å². The zero-order valence-electron chi connectivity index (χ0n) is 33.4. The van der Waals surface area contributed by atoms with Crippen LogP contribution in [0.25, 0.3) is 0 Å². The van der Waals surface area contributed by atoms with E-state index in [-0.39, 0.29) is 121 Å². The predicted octanol–water partition coefficient (Wildman–Crippen LogP) is -0.156. The molecule has 0 aromatic heterocycles. The average molecular weight is 928 g/mol. The van der Waals surface area contributed by atoms with Crippen molar-refractivity contribution in [1.82, 2.24) is 25.8 Å². The van der Waals surface area contributed by atoms with Crippen LogP contribution < -0.4 is 32.9 Å². The molecule has 5 rings (SSSR count). The molecule has 0 bridgehead atoms. The molecule has 5 N–H and O–H groups in total. The first-order valence-electron chi connectivity index (χ1n) is 17.2. The third kappa shape index (κ3) is 29.5. The molecule has 4 unspecified atom stereocenters. The number of imide groups is 1. The summed E-state index contributed by atoms with van der Waals surface area (Å²) < 4.78 is 5.16. The summed E-state index contributed by atoms with van der Waals surface area (Å²) in [6.07, 6.45) is 6.13. The van der Waals surface area contributed by atoms with Gasteiger partial charge in [0.2, 0.25) is 35.4 Å². The Balaban J connectivity index is -0.000000188. The zero-order valence-corrected chi connectivity index (χ0v) is 37.9. The molecule has 0 spiro atoms. The van der Waals surface area contributed by atoms with Gasteiger partial charge in [0.05, 0.1) is 0 Å². The van der Waals surface area contributed by atoms with E-state index in [0.717, 1.165) is 31.0 Å². The summed E-state index contributed by atoms with van der Waals surface area (Å²) in [5.41, 5.74) is -1.42. The number of carboxylic acid groups (broad SMARTS) is 1. The molecule has 316 valence electrons. The quantitative estimate of drug-likeness (QED) is 0.0819. The zero-order chi connectivity index (χ0) is 39.5. The normalized spacial score (nSPS) is 23.1. The van der Waals surface area contributed by atoms with E-state index in [4.69, 9.17) is 14.9 Å². The molecule has 5 aliphatic heterocycles. The number of carbonyl (C=O) groups excluding carboxylic acids is 7. The van der Waals surface area contributed by atoms with Gasteiger partial charge in [-0.2, -0.15) is 0 Å². The van der Waals surface area contributed by atoms with Crippen molar-refractivity contribution in [2.45, 2.75) is 156 Å². The minimum absolute atomic E-state index is 0. The summed E-state index contributed by atoms with van der Waals surface area (Å²) in [6, 6.07) is 0.677. The van der Waals surface area contributed by atoms with Gasteiger partial charge in [-0.15, -0.1) is 0 Å². The molecule has 5 aliphatic rings. The van der Waals surface area contributed by atoms with Crippen LogP contribution in [0.2, 0.25) is 0 Å². The molecule has 5 fully saturated rings. The number of rotatable bonds is 4. The number of aliphatic hydroxyl groups is 1. The summed E-state index contributed by atoms with van der Waals surface area (Å²) >= 11 is 3.15. The fourth-order valence-corrected chi connectivity index (χ4v) is 4.96. The van der Waals surface area contributed by atoms with Gasteiger partial charge in [0.1, 0.15) is 24.4 Å². The van der Waals surface area contributed by atoms with Gasteiger partial charge in [0.15, 0.2) is 0 Å². The van der Waals surface area contributed by atoms with Gasteiger partial charge in [0, 0.05) is 68.4 Å². The predicted molar refractivity (Wildman–Crippen MR) is 210 cm³/mol. The second-order valence-electron chi connectivity index (χ2n) is 13.9. The minimum atomic E-state index is -0.938. The van der Waals surface area contributed by atoms with E-state index < -0.39 is 17.3 Å². The Hall–Kier alpha value is -2.35. The van der Waals surface area contributed by atoms with Crippen molar-refractivity contribution in [1.29, 1.82) is 0 Å². The van der Waals surface area contributed by atoms with Gasteiger partial charge in [-0.05, 0) is 67.7 Å². The number of hydrogen-bond donors (Lipinski definition) is 5. The molecule has 19 heteroatoms. The Kier molecular flexibility index (Phi) is 34.6. The number of carboxylic acids is 1. The van der Waals surface area contributed by atoms with Crippen molar-refractivity contribution in [2.24, 2.45) is 0 Å². The van der Waals surface area contributed by atoms with Crippen LogP contribution in [-0.4, -0.2) is 138 Å². The summed E-state index contributed by atoms with van der Waals surface area (Å²) in [6.45, 7) is 14.9. The van der Waals surface area contributed by atoms with Gasteiger partial charge >= 0.3 is 35.0 Å². The third-order valence-electron chi connectivity index (χ3n) is 7.60. The van der Waals surface area contributed by atoms with E-state index in [2.05, 4.69) is 31.9 Å². The number of nitrogens with zero attached hydrogens (tertiary/aromatic N) is 2. The van der Waals surface area contributed by atoms with E-state index in [1.165, 1.54) is 4.90 Å². The molecular formula is C36H65Br2MgN5O11. The molecule has 0 aliphatic carbocycles. The Morgan fingerprint density at radius 2 is 1.25 bits per heavy atom. The number of hydrogen-bond acceptors (Lipinski definition) is 10. The molecule has 4 atom stereocenters. The molecule has 0 radical (unpaired) electrons. The molecular weight excluding hydrogens is 863 g/mol. The van der Waals surface area contributed by atoms with Gasteiger partial charge < -0.3 is 59.8 Å². The number of nitrogens with one attached hydrogen (secondary N) is 3. The van der Waals surface area contributed by atoms with E-state index in [1.54, 1.807) is 11.8 Å². The van der Waals surface area contributed by atoms with Crippen molar-refractivity contribution in [2.75, 3.05) is 18.4 Å². The Labute approximate surface area is 362 Å². The smallest absolute Gasteiger partial charge is 1.00 e. The molecule has 55 heavy (non-hydrogen) atoms. The van der Waals surface area contributed by atoms with Crippen molar-refractivity contribution in [3.05, 3.63) is 7.43 Å². The first-order chi connectivity index (χ1) is 23.5. The fraction of sp³-hybridized carbons (Fsp3) is 0.750. The van der Waals surface area contributed by atoms with Crippen LogP contribution in [0, 0.1) is 7.43 Å². The number of aliphatic carboxylic acids is 1. The second-order valence-corrected chi connectivity index (χ2v) is 15.0. The second kappa shape index (κ2) is 30.7. The van der Waals surface area contributed by atoms with Crippen molar-refractivity contribution in [3.8, 4) is 0 Å². The molecule has 0 aromatic rings. The maximum absolute atomic E-state index is 11.5. The minimum Gasteiger partial charge on any atom is -1.00 e. The molecule has 0 saturated carbocycles. The van der Waals surface area contributed by atoms with Crippen LogP contribution in [0.5, 0.6) is 0 Å². The van der Waals surface area contributed by atoms with E-state index in [1.807, 2.05) is 48.5 Å². The first kappa shape index (κ1) is 61.9. The summed E-state index contributed by atoms with van der Waals surface area (Å²) in [7, 11) is 0. The van der Waals surface area contributed by atoms with Crippen molar-refractivity contribution in [3.63, 3.8) is 0 Å². The Morgan fingerprint density at radius 3 is 1.45 bits per heavy atom. The van der Waals surface area contributed by atoms with Gasteiger partial charge in [0.25, 0.3) is 0 Å². The molecule has 6 amide bonds. The number of amides is 6. The van der Waals surface area contributed by atoms with Gasteiger partial charge in [-0.1, -0.05) is 30.3 Å². The number of alkyl halides is 1. The summed E-state index contributed by atoms with van der Waals surface area (Å²) in [5.74, 6) is -1.41. The molecule has 5 saturated heterocycles. The number of carbonyl (C=O) groups is 8. The van der Waals surface area contributed by atoms with Crippen LogP contribution in [0.1, 0.15) is 127 Å². The SMILES string of the molecule is C.CC1(O)CCC(=O)N1.CC1CCC(=O)N1.CC1CCC(=O)N1CC(=O)O.CC1CCC(=O)N1CC(=O)OC(C)(C)C.CCBr.O=C1CCC(=O)N1.[Br-].[CH3-].[Mg+2]. The fourth-order valence-electron chi connectivity index (χ4n) is 4.96. The maximum Gasteiger partial charge on any atom is 2.00 e. The molecule has 16 nitrogen and oxygen atoms in total. The van der Waals surface area contributed by atoms with Crippen LogP contribution in [0.3, 0.4) is 0 Å². The van der Waals surface area contributed by atoms with Crippen molar-refractivity contribution < 1.29 is 70.3 Å². The van der Waals surface area contributed by atoms with E-state index >= 15 is 0 Å². The Bertz CT molecular complexity index is 1220. The number of halogens is 2. The molecule has 0 aromatic carbocycles. The summed E-state index contributed by atoms with van der Waals surface area (Å²) in [5, 5.41) is 25.8. The van der Waals surface area contributed by atoms with Gasteiger partial charge in [-0.25, -0.2) is 0 Å². The standard InChI is InChI=1S/C11H19NO3.C7H11NO3.C5H9NO2.C5H9NO.C4H5NO2.C2H5Br.CH4.CH3.BrH.Mg/c1-8-5-6-9(13)12(8)7-10(14)15-11(2,3)4;1-5-2-3-6(9)8(5)4-7(10)11;1-5(8)3-2-4(7)6-5;1-4-2-3-5(7)6-4;6-3-1-2-4(7)5-3;1-2-3;;;;/h8H,5-7H2,1-4H3;5H,2-4H2,1H3,(H,10,11);8H,2-3H2,1H3,(H,6,7);4H,2-3H2,1H3,(H,6,7);1-2H2,(H,5,6,7);2H2,1H3;1H4;1H3;1H;/q;;;;;;;-1;;+2/p-1. The first-order valence-corrected chi connectivity index (χ1v) is 18.4. The molecule has 5 heterocycles.